The van der Waals surface area contributed by atoms with Gasteiger partial charge in [-0.25, -0.2) is 4.39 Å². The third kappa shape index (κ3) is 3.98. The lowest BCUT2D eigenvalue weighted by Crippen LogP contribution is -2.44. The maximum atomic E-state index is 14.5. The fraction of sp³-hybridized carbons (Fsp3) is 0.250. The number of benzene rings is 3. The van der Waals surface area contributed by atoms with Crippen molar-refractivity contribution in [1.29, 1.82) is 0 Å². The van der Waals surface area contributed by atoms with Crippen molar-refractivity contribution in [2.24, 2.45) is 5.92 Å². The molecule has 2 aliphatic rings. The lowest BCUT2D eigenvalue weighted by atomic mass is 9.79. The lowest BCUT2D eigenvalue weighted by molar-refractivity contribution is -0.147. The molecule has 1 aliphatic heterocycles. The maximum Gasteiger partial charge on any atom is 0.306 e. The Balaban J connectivity index is 1.20. The van der Waals surface area contributed by atoms with Crippen molar-refractivity contribution >= 4 is 17.6 Å². The van der Waals surface area contributed by atoms with Gasteiger partial charge in [0.2, 0.25) is 5.82 Å². The predicted molar refractivity (Wildman–Crippen MR) is 134 cm³/mol. The van der Waals surface area contributed by atoms with Crippen molar-refractivity contribution in [2.75, 3.05) is 0 Å². The van der Waals surface area contributed by atoms with Crippen LogP contribution in [0.2, 0.25) is 5.02 Å². The zero-order chi connectivity index (χ0) is 25.0. The SMILES string of the molecule is Cc1cc(-c2nc(-c3ccc4c(c3)CN(C3CC(C(=O)O)C3)C4)no2)ccc1-c1cccc(Cl)c1F. The van der Waals surface area contributed by atoms with E-state index in [1.54, 1.807) is 12.1 Å². The first-order chi connectivity index (χ1) is 17.4. The number of fused-ring (bicyclic) bond motifs is 1. The van der Waals surface area contributed by atoms with Crippen LogP contribution in [0.3, 0.4) is 0 Å². The van der Waals surface area contributed by atoms with E-state index in [0.717, 1.165) is 35.3 Å². The van der Waals surface area contributed by atoms with E-state index in [4.69, 9.17) is 21.2 Å². The largest absolute Gasteiger partial charge is 0.481 e. The highest BCUT2D eigenvalue weighted by Gasteiger charge is 2.39. The number of nitrogens with zero attached hydrogens (tertiary/aromatic N) is 3. The van der Waals surface area contributed by atoms with Gasteiger partial charge in [-0.15, -0.1) is 0 Å². The fourth-order valence-corrected chi connectivity index (χ4v) is 5.35. The second-order valence-electron chi connectivity index (χ2n) is 9.60. The Labute approximate surface area is 212 Å². The van der Waals surface area contributed by atoms with E-state index < -0.39 is 11.8 Å². The normalized spacial score (nSPS) is 19.2. The number of carbonyl (C=O) groups is 1. The van der Waals surface area contributed by atoms with Crippen LogP contribution >= 0.6 is 11.6 Å². The van der Waals surface area contributed by atoms with Crippen LogP contribution < -0.4 is 0 Å². The molecular weight excluding hydrogens is 481 g/mol. The number of aromatic nitrogens is 2. The number of carboxylic acids is 1. The second kappa shape index (κ2) is 8.84. The molecule has 1 aliphatic carbocycles. The monoisotopic (exact) mass is 503 g/mol. The Morgan fingerprint density at radius 2 is 1.83 bits per heavy atom. The zero-order valence-corrected chi connectivity index (χ0v) is 20.3. The zero-order valence-electron chi connectivity index (χ0n) is 19.5. The summed E-state index contributed by atoms with van der Waals surface area (Å²) in [5.74, 6) is -0.455. The Bertz CT molecular complexity index is 1500. The van der Waals surface area contributed by atoms with Crippen LogP contribution in [-0.4, -0.2) is 32.2 Å². The molecular formula is C28H23ClFN3O3. The Kier molecular flexibility index (Phi) is 5.62. The molecule has 1 aromatic heterocycles. The van der Waals surface area contributed by atoms with Crippen molar-refractivity contribution in [2.45, 2.75) is 38.9 Å². The molecule has 8 heteroatoms. The van der Waals surface area contributed by atoms with E-state index in [-0.39, 0.29) is 10.9 Å². The number of aryl methyl sites for hydroxylation is 1. The second-order valence-corrected chi connectivity index (χ2v) is 10.0. The molecule has 0 bridgehead atoms. The highest BCUT2D eigenvalue weighted by Crippen LogP contribution is 2.38. The number of hydrogen-bond acceptors (Lipinski definition) is 5. The molecule has 182 valence electrons. The molecule has 0 atom stereocenters. The molecule has 4 aromatic rings. The van der Waals surface area contributed by atoms with E-state index in [9.17, 15) is 9.18 Å². The molecule has 0 saturated heterocycles. The summed E-state index contributed by atoms with van der Waals surface area (Å²) in [5.41, 5.74) is 6.15. The first-order valence-corrected chi connectivity index (χ1v) is 12.2. The summed E-state index contributed by atoms with van der Waals surface area (Å²) in [5, 5.41) is 13.4. The maximum absolute atomic E-state index is 14.5. The summed E-state index contributed by atoms with van der Waals surface area (Å²) in [6.45, 7) is 3.54. The Hall–Kier alpha value is -3.55. The highest BCUT2D eigenvalue weighted by atomic mass is 35.5. The summed E-state index contributed by atoms with van der Waals surface area (Å²) in [7, 11) is 0. The molecule has 0 spiro atoms. The molecule has 36 heavy (non-hydrogen) atoms. The Morgan fingerprint density at radius 3 is 2.61 bits per heavy atom. The van der Waals surface area contributed by atoms with Crippen LogP contribution in [0, 0.1) is 18.7 Å². The molecule has 2 heterocycles. The van der Waals surface area contributed by atoms with Crippen molar-refractivity contribution in [3.63, 3.8) is 0 Å². The van der Waals surface area contributed by atoms with Crippen molar-refractivity contribution in [3.8, 4) is 34.0 Å². The van der Waals surface area contributed by atoms with Crippen LogP contribution in [0.15, 0.2) is 59.1 Å². The van der Waals surface area contributed by atoms with Crippen molar-refractivity contribution in [1.82, 2.24) is 15.0 Å². The van der Waals surface area contributed by atoms with Gasteiger partial charge in [-0.1, -0.05) is 47.1 Å². The van der Waals surface area contributed by atoms with E-state index in [2.05, 4.69) is 27.2 Å². The molecule has 0 radical (unpaired) electrons. The minimum Gasteiger partial charge on any atom is -0.481 e. The third-order valence-corrected chi connectivity index (χ3v) is 7.62. The van der Waals surface area contributed by atoms with E-state index in [1.165, 1.54) is 17.2 Å². The number of carboxylic acid groups (broad SMARTS) is 1. The molecule has 0 unspecified atom stereocenters. The quantitative estimate of drug-likeness (QED) is 0.342. The Morgan fingerprint density at radius 1 is 1.06 bits per heavy atom. The van der Waals surface area contributed by atoms with Gasteiger partial charge in [0.1, 0.15) is 5.82 Å². The summed E-state index contributed by atoms with van der Waals surface area (Å²) in [4.78, 5) is 18.1. The average molecular weight is 504 g/mol. The lowest BCUT2D eigenvalue weighted by Gasteiger charge is -2.39. The van der Waals surface area contributed by atoms with E-state index >= 15 is 0 Å². The standard InChI is InChI=1S/C28H23ClFN3O3/c1-15-9-17(7-8-22(15)23-3-2-4-24(29)25(23)30)27-31-26(32-36-27)16-5-6-18-13-33(14-20(18)10-16)21-11-19(12-21)28(34)35/h2-10,19,21H,11-14H2,1H3,(H,34,35). The van der Waals surface area contributed by atoms with Gasteiger partial charge in [-0.3, -0.25) is 9.69 Å². The van der Waals surface area contributed by atoms with Crippen LogP contribution in [0.1, 0.15) is 29.5 Å². The van der Waals surface area contributed by atoms with E-state index in [0.29, 0.717) is 36.2 Å². The van der Waals surface area contributed by atoms with Crippen LogP contribution in [0.4, 0.5) is 4.39 Å². The third-order valence-electron chi connectivity index (χ3n) is 7.33. The first-order valence-electron chi connectivity index (χ1n) is 11.9. The highest BCUT2D eigenvalue weighted by molar-refractivity contribution is 6.31. The molecule has 0 amide bonds. The minimum absolute atomic E-state index is 0.0899. The number of halogens is 2. The fourth-order valence-electron chi connectivity index (χ4n) is 5.17. The molecule has 1 N–H and O–H groups in total. The van der Waals surface area contributed by atoms with Crippen molar-refractivity contribution < 1.29 is 18.8 Å². The van der Waals surface area contributed by atoms with Gasteiger partial charge in [0.25, 0.3) is 5.89 Å². The predicted octanol–water partition coefficient (Wildman–Crippen LogP) is 6.35. The molecule has 6 nitrogen and oxygen atoms in total. The molecule has 1 fully saturated rings. The van der Waals surface area contributed by atoms with Crippen LogP contribution in [0.5, 0.6) is 0 Å². The number of rotatable bonds is 5. The average Bonchev–Trinajstić information content (AvgIpc) is 3.47. The van der Waals surface area contributed by atoms with Gasteiger partial charge in [0.05, 0.1) is 10.9 Å². The number of hydrogen-bond donors (Lipinski definition) is 1. The summed E-state index contributed by atoms with van der Waals surface area (Å²) in [6.07, 6.45) is 1.43. The molecule has 1 saturated carbocycles. The minimum atomic E-state index is -0.695. The van der Waals surface area contributed by atoms with Gasteiger partial charge in [-0.05, 0) is 66.3 Å². The summed E-state index contributed by atoms with van der Waals surface area (Å²) < 4.78 is 20.1. The number of aliphatic carboxylic acids is 1. The van der Waals surface area contributed by atoms with Gasteiger partial charge >= 0.3 is 5.97 Å². The summed E-state index contributed by atoms with van der Waals surface area (Å²) >= 11 is 5.96. The van der Waals surface area contributed by atoms with Crippen molar-refractivity contribution in [3.05, 3.63) is 82.1 Å². The first kappa shape index (κ1) is 22.9. The van der Waals surface area contributed by atoms with Gasteiger partial charge in [0, 0.05) is 35.8 Å². The van der Waals surface area contributed by atoms with Gasteiger partial charge in [-0.2, -0.15) is 4.98 Å². The van der Waals surface area contributed by atoms with Crippen LogP contribution in [-0.2, 0) is 17.9 Å². The van der Waals surface area contributed by atoms with Gasteiger partial charge < -0.3 is 9.63 Å². The smallest absolute Gasteiger partial charge is 0.306 e. The van der Waals surface area contributed by atoms with Gasteiger partial charge in [0.15, 0.2) is 0 Å². The van der Waals surface area contributed by atoms with E-state index in [1.807, 2.05) is 31.2 Å². The summed E-state index contributed by atoms with van der Waals surface area (Å²) in [6, 6.07) is 17.0. The molecule has 3 aromatic carbocycles. The molecule has 6 rings (SSSR count). The van der Waals surface area contributed by atoms with Crippen LogP contribution in [0.25, 0.3) is 34.0 Å². The topological polar surface area (TPSA) is 79.5 Å².